The molecular weight excluding hydrogens is 889 g/mol. The van der Waals surface area contributed by atoms with Gasteiger partial charge in [0.2, 0.25) is 0 Å². The van der Waals surface area contributed by atoms with Gasteiger partial charge in [-0.3, -0.25) is 23.6 Å². The van der Waals surface area contributed by atoms with Gasteiger partial charge in [-0.1, -0.05) is 33.7 Å². The number of alkyl carbamates (subject to hydrolysis) is 1. The molecule has 1 amide bonds. The van der Waals surface area contributed by atoms with E-state index in [1.807, 2.05) is 105 Å². The molecule has 0 aliphatic carbocycles. The number of aryl methyl sites for hydroxylation is 2. The van der Waals surface area contributed by atoms with Crippen LogP contribution in [-0.4, -0.2) is 113 Å². The first-order valence-corrected chi connectivity index (χ1v) is 23.6. The summed E-state index contributed by atoms with van der Waals surface area (Å²) in [7, 11) is 0. The van der Waals surface area contributed by atoms with Gasteiger partial charge in [0.05, 0.1) is 76.8 Å². The minimum atomic E-state index is -0.812. The van der Waals surface area contributed by atoms with Gasteiger partial charge >= 0.3 is 18.0 Å². The Hall–Kier alpha value is -5.75. The van der Waals surface area contributed by atoms with Crippen LogP contribution in [0.1, 0.15) is 135 Å². The number of hydrogen-bond acceptors (Lipinski definition) is 16. The second-order valence-corrected chi connectivity index (χ2v) is 20.1. The molecule has 3 aromatic heterocycles. The number of rotatable bonds is 30. The number of nitrogens with zero attached hydrogens (tertiary/aromatic N) is 9. The van der Waals surface area contributed by atoms with Crippen LogP contribution in [0.25, 0.3) is 0 Å². The van der Waals surface area contributed by atoms with Crippen molar-refractivity contribution in [3.8, 4) is 12.3 Å². The average Bonchev–Trinajstić information content (AvgIpc) is 4.03. The van der Waals surface area contributed by atoms with E-state index in [-0.39, 0.29) is 51.6 Å². The van der Waals surface area contributed by atoms with Crippen molar-refractivity contribution in [3.05, 3.63) is 71.1 Å². The number of unbranched alkanes of at least 4 members (excludes halogenated alkanes) is 2. The molecule has 0 saturated carbocycles. The molecule has 4 rings (SSSR count). The number of amides is 1. The zero-order chi connectivity index (χ0) is 50.3. The monoisotopic (exact) mass is 963 g/mol. The fraction of sp³-hybridized carbons (Fsp3) is 0.653. The molecule has 0 bridgehead atoms. The lowest BCUT2D eigenvalue weighted by molar-refractivity contribution is -0.156. The lowest BCUT2D eigenvalue weighted by Gasteiger charge is -2.33. The van der Waals surface area contributed by atoms with Gasteiger partial charge in [-0.05, 0) is 112 Å². The molecule has 20 heteroatoms. The molecule has 0 saturated heterocycles. The Morgan fingerprint density at radius 1 is 0.580 bits per heavy atom. The number of aromatic nitrogens is 9. The Labute approximate surface area is 406 Å². The minimum absolute atomic E-state index is 0.161. The third-order valence-corrected chi connectivity index (χ3v) is 9.63. The number of nitrogens with one attached hydrogen (secondary N) is 1. The first kappa shape index (κ1) is 55.8. The fourth-order valence-electron chi connectivity index (χ4n) is 6.67. The lowest BCUT2D eigenvalue weighted by Crippen LogP contribution is -2.41. The number of terminal acetylenes is 1. The lowest BCUT2D eigenvalue weighted by atomic mass is 9.90. The van der Waals surface area contributed by atoms with Crippen LogP contribution >= 0.6 is 0 Å². The molecule has 0 atom stereocenters. The molecule has 20 nitrogen and oxygen atoms in total. The summed E-state index contributed by atoms with van der Waals surface area (Å²) < 4.78 is 46.5. The highest BCUT2D eigenvalue weighted by atomic mass is 16.6. The van der Waals surface area contributed by atoms with Crippen LogP contribution < -0.4 is 5.32 Å². The quantitative estimate of drug-likeness (QED) is 0.0254. The Kier molecular flexibility index (Phi) is 22.2. The van der Waals surface area contributed by atoms with E-state index < -0.39 is 28.3 Å². The molecule has 3 heterocycles. The third-order valence-electron chi connectivity index (χ3n) is 9.63. The maximum atomic E-state index is 12.2. The second-order valence-electron chi connectivity index (χ2n) is 20.1. The molecule has 69 heavy (non-hydrogen) atoms. The molecule has 0 aliphatic rings. The van der Waals surface area contributed by atoms with Gasteiger partial charge in [0.25, 0.3) is 0 Å². The SMILES string of the molecule is C#Cc1ccc(COCC(COCc2cn(CCCCC(=O)OC(C)(C)C)nn2)(COCc2cn(CCCCC(=O)OC(C)(C)C)nn2)Cn2cc(COCCCNC(=O)OC(C)(C)C)nn2)cc1. The van der Waals surface area contributed by atoms with Crippen LogP contribution in [0.2, 0.25) is 0 Å². The van der Waals surface area contributed by atoms with E-state index in [1.165, 1.54) is 0 Å². The summed E-state index contributed by atoms with van der Waals surface area (Å²) in [5, 5.41) is 28.8. The molecule has 380 valence electrons. The van der Waals surface area contributed by atoms with E-state index in [1.54, 1.807) is 14.0 Å². The van der Waals surface area contributed by atoms with E-state index in [4.69, 9.17) is 39.6 Å². The van der Waals surface area contributed by atoms with Gasteiger partial charge in [0, 0.05) is 44.6 Å². The smallest absolute Gasteiger partial charge is 0.407 e. The summed E-state index contributed by atoms with van der Waals surface area (Å²) in [6, 6.07) is 7.61. The topological polar surface area (TPSA) is 220 Å². The van der Waals surface area contributed by atoms with Crippen molar-refractivity contribution >= 4 is 18.0 Å². The highest BCUT2D eigenvalue weighted by Gasteiger charge is 2.34. The number of esters is 2. The van der Waals surface area contributed by atoms with Crippen LogP contribution in [0, 0.1) is 17.8 Å². The molecule has 4 aromatic rings. The number of ether oxygens (including phenoxy) is 7. The fourth-order valence-corrected chi connectivity index (χ4v) is 6.67. The summed E-state index contributed by atoms with van der Waals surface area (Å²) in [6.45, 7) is 20.2. The number of benzene rings is 1. The van der Waals surface area contributed by atoms with Crippen LogP contribution in [0.5, 0.6) is 0 Å². The zero-order valence-corrected chi connectivity index (χ0v) is 42.2. The van der Waals surface area contributed by atoms with Gasteiger partial charge in [0.15, 0.2) is 0 Å². The van der Waals surface area contributed by atoms with Crippen molar-refractivity contribution in [2.75, 3.05) is 33.0 Å². The van der Waals surface area contributed by atoms with Crippen molar-refractivity contribution in [3.63, 3.8) is 0 Å². The molecule has 0 aliphatic heterocycles. The van der Waals surface area contributed by atoms with Crippen LogP contribution in [0.15, 0.2) is 42.9 Å². The third kappa shape index (κ3) is 23.9. The summed E-state index contributed by atoms with van der Waals surface area (Å²) in [5.74, 6) is 2.20. The standard InChI is InChI=1S/C49H74N10O10/c1-11-38-19-21-39(22-20-38)30-64-35-49(34-59-29-42(53-56-59)31-63-26-16-23-50-45(62)69-48(8,9)10,36-65-32-40-27-57(54-51-40)24-14-12-17-43(60)67-46(2,3)4)37-66-33-41-28-58(55-52-41)25-15-13-18-44(61)68-47(5,6)7/h1,19-22,27-29H,12-18,23-26,30-37H2,2-10H3,(H,50,62). The Morgan fingerprint density at radius 3 is 1.51 bits per heavy atom. The molecular formula is C49H74N10O10. The van der Waals surface area contributed by atoms with Crippen molar-refractivity contribution in [1.82, 2.24) is 50.3 Å². The maximum Gasteiger partial charge on any atom is 0.407 e. The van der Waals surface area contributed by atoms with E-state index in [9.17, 15) is 14.4 Å². The largest absolute Gasteiger partial charge is 0.460 e. The van der Waals surface area contributed by atoms with Crippen molar-refractivity contribution < 1.29 is 47.5 Å². The average molecular weight is 963 g/mol. The highest BCUT2D eigenvalue weighted by molar-refractivity contribution is 5.70. The first-order valence-electron chi connectivity index (χ1n) is 23.6. The maximum absolute atomic E-state index is 12.2. The predicted octanol–water partition coefficient (Wildman–Crippen LogP) is 6.53. The predicted molar refractivity (Wildman–Crippen MR) is 254 cm³/mol. The summed E-state index contributed by atoms with van der Waals surface area (Å²) in [5.41, 5.74) is 1.18. The molecule has 0 spiro atoms. The van der Waals surface area contributed by atoms with Crippen molar-refractivity contribution in [2.24, 2.45) is 5.41 Å². The van der Waals surface area contributed by atoms with E-state index >= 15 is 0 Å². The summed E-state index contributed by atoms with van der Waals surface area (Å²) >= 11 is 0. The van der Waals surface area contributed by atoms with Gasteiger partial charge < -0.3 is 38.5 Å². The van der Waals surface area contributed by atoms with E-state index in [0.717, 1.165) is 24.0 Å². The highest BCUT2D eigenvalue weighted by Crippen LogP contribution is 2.25. The van der Waals surface area contributed by atoms with Crippen molar-refractivity contribution in [2.45, 2.75) is 170 Å². The Morgan fingerprint density at radius 2 is 1.03 bits per heavy atom. The number of carbonyl (C=O) groups is 3. The normalized spacial score (nSPS) is 12.2. The zero-order valence-electron chi connectivity index (χ0n) is 42.2. The van der Waals surface area contributed by atoms with Crippen LogP contribution in [-0.2, 0) is 88.8 Å². The minimum Gasteiger partial charge on any atom is -0.460 e. The molecule has 1 aromatic carbocycles. The number of carbonyl (C=O) groups excluding carboxylic acids is 3. The first-order chi connectivity index (χ1) is 32.7. The van der Waals surface area contributed by atoms with Crippen LogP contribution in [0.4, 0.5) is 4.79 Å². The summed E-state index contributed by atoms with van der Waals surface area (Å²) in [6.07, 6.45) is 14.6. The second kappa shape index (κ2) is 27.4. The number of hydrogen-bond donors (Lipinski definition) is 1. The Bertz CT molecular complexity index is 2110. The van der Waals surface area contributed by atoms with E-state index in [2.05, 4.69) is 42.2 Å². The summed E-state index contributed by atoms with van der Waals surface area (Å²) in [4.78, 5) is 36.3. The molecule has 0 unspecified atom stereocenters. The van der Waals surface area contributed by atoms with Crippen LogP contribution in [0.3, 0.4) is 0 Å². The van der Waals surface area contributed by atoms with Gasteiger partial charge in [-0.15, -0.1) is 21.7 Å². The van der Waals surface area contributed by atoms with Gasteiger partial charge in [-0.2, -0.15) is 0 Å². The molecule has 1 N–H and O–H groups in total. The molecule has 0 fully saturated rings. The van der Waals surface area contributed by atoms with E-state index in [0.29, 0.717) is 88.6 Å². The van der Waals surface area contributed by atoms with Crippen molar-refractivity contribution in [1.29, 1.82) is 0 Å². The molecule has 0 radical (unpaired) electrons. The Balaban J connectivity index is 1.43. The van der Waals surface area contributed by atoms with Gasteiger partial charge in [0.1, 0.15) is 33.9 Å². The van der Waals surface area contributed by atoms with Gasteiger partial charge in [-0.25, -0.2) is 4.79 Å².